The molecule has 0 spiro atoms. The van der Waals surface area contributed by atoms with Gasteiger partial charge in [0.25, 0.3) is 5.24 Å². The van der Waals surface area contributed by atoms with Crippen LogP contribution in [0, 0.1) is 0 Å². The van der Waals surface area contributed by atoms with E-state index in [2.05, 4.69) is 5.32 Å². The number of carbonyl (C=O) groups is 1. The van der Waals surface area contributed by atoms with E-state index in [1.54, 1.807) is 11.8 Å². The van der Waals surface area contributed by atoms with Crippen molar-refractivity contribution in [1.82, 2.24) is 5.32 Å². The van der Waals surface area contributed by atoms with Gasteiger partial charge in [0.15, 0.2) is 0 Å². The van der Waals surface area contributed by atoms with Crippen LogP contribution in [0.3, 0.4) is 0 Å². The summed E-state index contributed by atoms with van der Waals surface area (Å²) in [5.74, 6) is 0. The second-order valence-corrected chi connectivity index (χ2v) is 5.41. The molecule has 1 saturated carbocycles. The summed E-state index contributed by atoms with van der Waals surface area (Å²) in [5.41, 5.74) is 0. The van der Waals surface area contributed by atoms with E-state index < -0.39 is 0 Å². The van der Waals surface area contributed by atoms with Crippen LogP contribution in [0.15, 0.2) is 34.1 Å². The number of rotatable bonds is 3. The van der Waals surface area contributed by atoms with Crippen LogP contribution in [0.1, 0.15) is 12.8 Å². The lowest BCUT2D eigenvalue weighted by Gasteiger charge is -2.03. The van der Waals surface area contributed by atoms with E-state index in [0.717, 1.165) is 17.7 Å². The van der Waals surface area contributed by atoms with Gasteiger partial charge >= 0.3 is 0 Å². The summed E-state index contributed by atoms with van der Waals surface area (Å²) in [5, 5.41) is 3.01. The lowest BCUT2D eigenvalue weighted by atomic mass is 10.4. The maximum Gasteiger partial charge on any atom is 0.284 e. The normalized spacial score (nSPS) is 15.0. The van der Waals surface area contributed by atoms with Crippen molar-refractivity contribution in [2.45, 2.75) is 28.7 Å². The molecule has 0 heterocycles. The first-order chi connectivity index (χ1) is 7.28. The molecule has 0 aromatic heterocycles. The first-order valence-electron chi connectivity index (χ1n) is 4.90. The number of thioether (sulfide) groups is 2. The molecule has 2 nitrogen and oxygen atoms in total. The standard InChI is InChI=1S/C11H13NOS2/c1-14-9-4-6-10(7-5-9)15-11(13)12-8-2-3-8/h4-8H,2-3H2,1H3,(H,12,13). The van der Waals surface area contributed by atoms with Gasteiger partial charge in [-0.15, -0.1) is 11.8 Å². The van der Waals surface area contributed by atoms with Crippen molar-refractivity contribution in [2.75, 3.05) is 6.26 Å². The molecule has 1 N–H and O–H groups in total. The summed E-state index contributed by atoms with van der Waals surface area (Å²) in [6.07, 6.45) is 4.32. The van der Waals surface area contributed by atoms with Crippen molar-refractivity contribution in [3.8, 4) is 0 Å². The van der Waals surface area contributed by atoms with Crippen molar-refractivity contribution < 1.29 is 4.79 Å². The zero-order valence-corrected chi connectivity index (χ0v) is 10.2. The van der Waals surface area contributed by atoms with Gasteiger partial charge in [0.1, 0.15) is 0 Å². The van der Waals surface area contributed by atoms with Crippen molar-refractivity contribution in [3.63, 3.8) is 0 Å². The number of benzene rings is 1. The molecule has 1 aromatic carbocycles. The third kappa shape index (κ3) is 3.47. The Labute approximate surface area is 98.2 Å². The summed E-state index contributed by atoms with van der Waals surface area (Å²) >= 11 is 2.98. The largest absolute Gasteiger partial charge is 0.344 e. The molecule has 80 valence electrons. The summed E-state index contributed by atoms with van der Waals surface area (Å²) in [6, 6.07) is 8.50. The molecule has 0 saturated heterocycles. The molecule has 4 heteroatoms. The molecule has 1 aliphatic carbocycles. The highest BCUT2D eigenvalue weighted by atomic mass is 32.2. The van der Waals surface area contributed by atoms with Crippen LogP contribution < -0.4 is 5.32 Å². The predicted octanol–water partition coefficient (Wildman–Crippen LogP) is 3.37. The van der Waals surface area contributed by atoms with E-state index in [9.17, 15) is 4.79 Å². The lowest BCUT2D eigenvalue weighted by Crippen LogP contribution is -2.20. The summed E-state index contributed by atoms with van der Waals surface area (Å²) < 4.78 is 0. The van der Waals surface area contributed by atoms with E-state index in [1.807, 2.05) is 30.5 Å². The average Bonchev–Trinajstić information content (AvgIpc) is 3.03. The van der Waals surface area contributed by atoms with Crippen molar-refractivity contribution >= 4 is 28.8 Å². The Morgan fingerprint density at radius 2 is 1.87 bits per heavy atom. The lowest BCUT2D eigenvalue weighted by molar-refractivity contribution is 0.260. The molecule has 0 aliphatic heterocycles. The zero-order chi connectivity index (χ0) is 10.7. The Hall–Kier alpha value is -0.610. The second kappa shape index (κ2) is 4.94. The molecule has 1 amide bonds. The smallest absolute Gasteiger partial charge is 0.284 e. The predicted molar refractivity (Wildman–Crippen MR) is 65.6 cm³/mol. The first-order valence-corrected chi connectivity index (χ1v) is 6.94. The van der Waals surface area contributed by atoms with Gasteiger partial charge in [-0.25, -0.2) is 0 Å². The third-order valence-corrected chi connectivity index (χ3v) is 3.72. The number of amides is 1. The summed E-state index contributed by atoms with van der Waals surface area (Å²) in [4.78, 5) is 13.7. The van der Waals surface area contributed by atoms with Gasteiger partial charge in [0, 0.05) is 15.8 Å². The first kappa shape index (κ1) is 10.9. The highest BCUT2D eigenvalue weighted by molar-refractivity contribution is 8.13. The van der Waals surface area contributed by atoms with E-state index in [0.29, 0.717) is 6.04 Å². The van der Waals surface area contributed by atoms with Crippen LogP contribution in [0.25, 0.3) is 0 Å². The molecule has 0 radical (unpaired) electrons. The van der Waals surface area contributed by atoms with Crippen LogP contribution in [-0.4, -0.2) is 17.5 Å². The molecule has 0 bridgehead atoms. The van der Waals surface area contributed by atoms with Gasteiger partial charge in [-0.1, -0.05) is 0 Å². The molecule has 1 aliphatic rings. The molecule has 0 unspecified atom stereocenters. The zero-order valence-electron chi connectivity index (χ0n) is 8.53. The molecular formula is C11H13NOS2. The van der Waals surface area contributed by atoms with E-state index in [-0.39, 0.29) is 5.24 Å². The molecule has 0 atom stereocenters. The molecule has 2 rings (SSSR count). The third-order valence-electron chi connectivity index (χ3n) is 2.17. The fraction of sp³-hybridized carbons (Fsp3) is 0.364. The van der Waals surface area contributed by atoms with Crippen molar-refractivity contribution in [3.05, 3.63) is 24.3 Å². The minimum absolute atomic E-state index is 0.0643. The maximum absolute atomic E-state index is 11.5. The number of nitrogens with one attached hydrogen (secondary N) is 1. The highest BCUT2D eigenvalue weighted by Gasteiger charge is 2.23. The Balaban J connectivity index is 1.88. The van der Waals surface area contributed by atoms with Crippen molar-refractivity contribution in [1.29, 1.82) is 0 Å². The number of hydrogen-bond acceptors (Lipinski definition) is 3. The Morgan fingerprint density at radius 3 is 2.40 bits per heavy atom. The number of hydrogen-bond donors (Lipinski definition) is 1. The fourth-order valence-electron chi connectivity index (χ4n) is 1.17. The summed E-state index contributed by atoms with van der Waals surface area (Å²) in [7, 11) is 0. The van der Waals surface area contributed by atoms with E-state index in [4.69, 9.17) is 0 Å². The highest BCUT2D eigenvalue weighted by Crippen LogP contribution is 2.25. The fourth-order valence-corrected chi connectivity index (χ4v) is 2.29. The van der Waals surface area contributed by atoms with Crippen LogP contribution in [0.5, 0.6) is 0 Å². The second-order valence-electron chi connectivity index (χ2n) is 3.48. The van der Waals surface area contributed by atoms with Gasteiger partial charge in [-0.3, -0.25) is 4.79 Å². The average molecular weight is 239 g/mol. The van der Waals surface area contributed by atoms with Crippen LogP contribution in [0.4, 0.5) is 4.79 Å². The minimum Gasteiger partial charge on any atom is -0.344 e. The van der Waals surface area contributed by atoms with Crippen LogP contribution >= 0.6 is 23.5 Å². The topological polar surface area (TPSA) is 29.1 Å². The number of carbonyl (C=O) groups excluding carboxylic acids is 1. The van der Waals surface area contributed by atoms with Crippen LogP contribution in [0.2, 0.25) is 0 Å². The molecule has 15 heavy (non-hydrogen) atoms. The van der Waals surface area contributed by atoms with E-state index in [1.165, 1.54) is 16.7 Å². The Morgan fingerprint density at radius 1 is 1.27 bits per heavy atom. The monoisotopic (exact) mass is 239 g/mol. The molecular weight excluding hydrogens is 226 g/mol. The summed E-state index contributed by atoms with van der Waals surface area (Å²) in [6.45, 7) is 0. The van der Waals surface area contributed by atoms with Crippen molar-refractivity contribution in [2.24, 2.45) is 0 Å². The van der Waals surface area contributed by atoms with Gasteiger partial charge in [-0.2, -0.15) is 0 Å². The Bertz CT molecular complexity index is 346. The quantitative estimate of drug-likeness (QED) is 0.820. The van der Waals surface area contributed by atoms with E-state index >= 15 is 0 Å². The Kier molecular flexibility index (Phi) is 3.59. The van der Waals surface area contributed by atoms with Gasteiger partial charge < -0.3 is 5.32 Å². The molecule has 1 aromatic rings. The maximum atomic E-state index is 11.5. The minimum atomic E-state index is 0.0643. The van der Waals surface area contributed by atoms with Gasteiger partial charge in [-0.05, 0) is 55.1 Å². The molecule has 1 fully saturated rings. The van der Waals surface area contributed by atoms with Gasteiger partial charge in [0.2, 0.25) is 0 Å². The van der Waals surface area contributed by atoms with Gasteiger partial charge in [0.05, 0.1) is 0 Å². The van der Waals surface area contributed by atoms with Crippen LogP contribution in [-0.2, 0) is 0 Å². The SMILES string of the molecule is CSc1ccc(SC(=O)NC2CC2)cc1.